The third-order valence-corrected chi connectivity index (χ3v) is 5.78. The van der Waals surface area contributed by atoms with Crippen LogP contribution < -0.4 is 0 Å². The molecular weight excluding hydrogens is 363 g/mol. The molecule has 0 aliphatic carbocycles. The molecule has 3 rings (SSSR count). The van der Waals surface area contributed by atoms with Crippen LogP contribution in [-0.2, 0) is 18.3 Å². The summed E-state index contributed by atoms with van der Waals surface area (Å²) >= 11 is 0. The first-order chi connectivity index (χ1) is 13.1. The third kappa shape index (κ3) is 4.17. The summed E-state index contributed by atoms with van der Waals surface area (Å²) in [5.41, 5.74) is 0.899. The number of rotatable bonds is 6. The maximum Gasteiger partial charge on any atom is 0.395 e. The Balaban J connectivity index is 2.08. The van der Waals surface area contributed by atoms with Gasteiger partial charge < -0.3 is 13.8 Å². The number of esters is 1. The molecular formula is C21H19O5P. The Bertz CT molecular complexity index is 1010. The van der Waals surface area contributed by atoms with Gasteiger partial charge in [0.05, 0.1) is 5.56 Å². The summed E-state index contributed by atoms with van der Waals surface area (Å²) in [4.78, 5) is 12.5. The van der Waals surface area contributed by atoms with E-state index in [4.69, 9.17) is 13.8 Å². The first-order valence-corrected chi connectivity index (χ1v) is 9.80. The number of carbonyl (C=O) groups is 1. The van der Waals surface area contributed by atoms with E-state index in [-0.39, 0.29) is 5.50 Å². The molecule has 0 saturated carbocycles. The van der Waals surface area contributed by atoms with Crippen molar-refractivity contribution in [3.8, 4) is 0 Å². The highest BCUT2D eigenvalue weighted by atomic mass is 31.2. The fraction of sp³-hybridized carbons (Fsp3) is 0.0952. The van der Waals surface area contributed by atoms with Crippen molar-refractivity contribution in [3.63, 3.8) is 0 Å². The Kier molecular flexibility index (Phi) is 5.87. The van der Waals surface area contributed by atoms with Gasteiger partial charge in [-0.3, -0.25) is 4.57 Å². The second-order valence-electron chi connectivity index (χ2n) is 5.67. The summed E-state index contributed by atoms with van der Waals surface area (Å²) in [5, 5.41) is 1.93. The van der Waals surface area contributed by atoms with Crippen LogP contribution in [0.5, 0.6) is 0 Å². The van der Waals surface area contributed by atoms with Crippen molar-refractivity contribution in [1.82, 2.24) is 0 Å². The molecule has 0 N–H and O–H groups in total. The van der Waals surface area contributed by atoms with Crippen molar-refractivity contribution < 1.29 is 23.1 Å². The molecule has 0 unspecified atom stereocenters. The van der Waals surface area contributed by atoms with Crippen LogP contribution in [0.1, 0.15) is 15.9 Å². The maximum atomic E-state index is 13.0. The largest absolute Gasteiger partial charge is 0.414 e. The number of hydrogen-bond acceptors (Lipinski definition) is 5. The number of fused-ring (bicyclic) bond motifs is 1. The van der Waals surface area contributed by atoms with Crippen molar-refractivity contribution in [1.29, 1.82) is 0 Å². The monoisotopic (exact) mass is 382 g/mol. The zero-order valence-corrected chi connectivity index (χ0v) is 15.9. The van der Waals surface area contributed by atoms with Crippen LogP contribution in [0.3, 0.4) is 0 Å². The van der Waals surface area contributed by atoms with E-state index in [2.05, 4.69) is 0 Å². The van der Waals surface area contributed by atoms with Crippen LogP contribution in [0.2, 0.25) is 0 Å². The lowest BCUT2D eigenvalue weighted by Crippen LogP contribution is -2.07. The van der Waals surface area contributed by atoms with Crippen molar-refractivity contribution >= 4 is 30.4 Å². The number of ether oxygens (including phenoxy) is 1. The SMILES string of the molecule is COP(=O)(OC)/C(=C/c1cccc2ccccc12)OC(=O)c1ccccc1. The molecule has 0 aromatic heterocycles. The predicted molar refractivity (Wildman–Crippen MR) is 105 cm³/mol. The molecule has 6 heteroatoms. The molecule has 0 radical (unpaired) electrons. The van der Waals surface area contributed by atoms with Crippen LogP contribution in [0.15, 0.2) is 78.3 Å². The van der Waals surface area contributed by atoms with Gasteiger partial charge in [0.15, 0.2) is 0 Å². The molecule has 0 amide bonds. The molecule has 5 nitrogen and oxygen atoms in total. The van der Waals surface area contributed by atoms with Crippen molar-refractivity contribution in [3.05, 3.63) is 89.4 Å². The zero-order valence-electron chi connectivity index (χ0n) is 15.0. The minimum absolute atomic E-state index is 0.169. The summed E-state index contributed by atoms with van der Waals surface area (Å²) in [6.07, 6.45) is 1.52. The first-order valence-electron chi connectivity index (χ1n) is 8.26. The van der Waals surface area contributed by atoms with Crippen LogP contribution >= 0.6 is 7.60 Å². The normalized spacial score (nSPS) is 12.1. The molecule has 138 valence electrons. The molecule has 0 fully saturated rings. The average molecular weight is 382 g/mol. The molecule has 3 aromatic carbocycles. The van der Waals surface area contributed by atoms with E-state index in [1.165, 1.54) is 20.3 Å². The standard InChI is InChI=1S/C21H19O5P/c1-24-27(23,25-2)20(26-21(22)17-10-4-3-5-11-17)15-18-13-8-12-16-9-6-7-14-19(16)18/h3-15H,1-2H3/b20-15+. The lowest BCUT2D eigenvalue weighted by atomic mass is 10.0. The maximum absolute atomic E-state index is 13.0. The van der Waals surface area contributed by atoms with Gasteiger partial charge in [0.25, 0.3) is 0 Å². The second kappa shape index (κ2) is 8.31. The van der Waals surface area contributed by atoms with Crippen LogP contribution in [-0.4, -0.2) is 20.2 Å². The van der Waals surface area contributed by atoms with E-state index >= 15 is 0 Å². The molecule has 0 aliphatic rings. The van der Waals surface area contributed by atoms with Gasteiger partial charge in [0, 0.05) is 14.2 Å². The van der Waals surface area contributed by atoms with E-state index in [0.717, 1.165) is 16.3 Å². The highest BCUT2D eigenvalue weighted by Gasteiger charge is 2.32. The van der Waals surface area contributed by atoms with E-state index in [1.54, 1.807) is 30.3 Å². The van der Waals surface area contributed by atoms with Gasteiger partial charge in [-0.25, -0.2) is 4.79 Å². The Morgan fingerprint density at radius 3 is 2.19 bits per heavy atom. The third-order valence-electron chi connectivity index (χ3n) is 4.06. The average Bonchev–Trinajstić information content (AvgIpc) is 2.73. The van der Waals surface area contributed by atoms with Gasteiger partial charge in [-0.05, 0) is 34.5 Å². The fourth-order valence-corrected chi connectivity index (χ4v) is 3.66. The Labute approximate surface area is 157 Å². The fourth-order valence-electron chi connectivity index (χ4n) is 2.66. The molecule has 0 heterocycles. The molecule has 0 spiro atoms. The summed E-state index contributed by atoms with van der Waals surface area (Å²) in [6.45, 7) is 0. The molecule has 0 aliphatic heterocycles. The zero-order chi connectivity index (χ0) is 19.3. The van der Waals surface area contributed by atoms with Crippen molar-refractivity contribution in [2.75, 3.05) is 14.2 Å². The Morgan fingerprint density at radius 2 is 1.48 bits per heavy atom. The van der Waals surface area contributed by atoms with Gasteiger partial charge in [-0.1, -0.05) is 60.7 Å². The summed E-state index contributed by atoms with van der Waals surface area (Å²) < 4.78 is 28.5. The van der Waals surface area contributed by atoms with Gasteiger partial charge in [-0.2, -0.15) is 0 Å². The molecule has 3 aromatic rings. The van der Waals surface area contributed by atoms with E-state index < -0.39 is 13.6 Å². The highest BCUT2D eigenvalue weighted by Crippen LogP contribution is 2.56. The molecule has 0 bridgehead atoms. The van der Waals surface area contributed by atoms with Gasteiger partial charge in [0.1, 0.15) is 0 Å². The topological polar surface area (TPSA) is 61.8 Å². The Morgan fingerprint density at radius 1 is 0.852 bits per heavy atom. The van der Waals surface area contributed by atoms with E-state index in [9.17, 15) is 9.36 Å². The van der Waals surface area contributed by atoms with E-state index in [0.29, 0.717) is 5.56 Å². The predicted octanol–water partition coefficient (Wildman–Crippen LogP) is 5.48. The molecule has 27 heavy (non-hydrogen) atoms. The van der Waals surface area contributed by atoms with Crippen LogP contribution in [0, 0.1) is 0 Å². The number of carbonyl (C=O) groups excluding carboxylic acids is 1. The number of benzene rings is 3. The smallest absolute Gasteiger partial charge is 0.395 e. The summed E-state index contributed by atoms with van der Waals surface area (Å²) in [6, 6.07) is 21.9. The van der Waals surface area contributed by atoms with Crippen LogP contribution in [0.25, 0.3) is 16.8 Å². The molecule has 0 saturated heterocycles. The van der Waals surface area contributed by atoms with Crippen molar-refractivity contribution in [2.45, 2.75) is 0 Å². The summed E-state index contributed by atoms with van der Waals surface area (Å²) in [7, 11) is -1.30. The number of hydrogen-bond donors (Lipinski definition) is 0. The highest BCUT2D eigenvalue weighted by molar-refractivity contribution is 7.58. The minimum Gasteiger partial charge on any atom is -0.414 e. The Hall–Kier alpha value is -2.72. The lowest BCUT2D eigenvalue weighted by molar-refractivity contribution is 0.0635. The van der Waals surface area contributed by atoms with Crippen LogP contribution in [0.4, 0.5) is 0 Å². The van der Waals surface area contributed by atoms with Crippen molar-refractivity contribution in [2.24, 2.45) is 0 Å². The van der Waals surface area contributed by atoms with Gasteiger partial charge in [-0.15, -0.1) is 0 Å². The quantitative estimate of drug-likeness (QED) is 0.321. The summed E-state index contributed by atoms with van der Waals surface area (Å²) in [5.74, 6) is -0.642. The minimum atomic E-state index is -3.79. The molecule has 0 atom stereocenters. The van der Waals surface area contributed by atoms with Gasteiger partial charge in [0.2, 0.25) is 5.50 Å². The first kappa shape index (κ1) is 19.1. The van der Waals surface area contributed by atoms with E-state index in [1.807, 2.05) is 42.5 Å². The lowest BCUT2D eigenvalue weighted by Gasteiger charge is -2.17. The van der Waals surface area contributed by atoms with Gasteiger partial charge >= 0.3 is 13.6 Å². The second-order valence-corrected chi connectivity index (χ2v) is 7.84.